The number of nitrogens with one attached hydrogen (secondary N) is 1. The maximum absolute atomic E-state index is 12.5. The van der Waals surface area contributed by atoms with Gasteiger partial charge in [0.2, 0.25) is 10.0 Å². The minimum Gasteiger partial charge on any atom is -0.330 e. The molecule has 0 bridgehead atoms. The summed E-state index contributed by atoms with van der Waals surface area (Å²) in [6, 6.07) is 6.10. The first-order valence-electron chi connectivity index (χ1n) is 6.90. The third-order valence-corrected chi connectivity index (χ3v) is 5.74. The number of nitriles is 1. The number of hydrogen-bond acceptors (Lipinski definition) is 4. The lowest BCUT2D eigenvalue weighted by Crippen LogP contribution is -2.44. The van der Waals surface area contributed by atoms with Crippen LogP contribution in [0, 0.1) is 17.2 Å². The van der Waals surface area contributed by atoms with Crippen molar-refractivity contribution in [2.24, 2.45) is 11.7 Å². The molecule has 1 aliphatic rings. The fourth-order valence-electron chi connectivity index (χ4n) is 2.74. The van der Waals surface area contributed by atoms with Gasteiger partial charge < -0.3 is 5.73 Å². The normalized spacial score (nSPS) is 21.7. The van der Waals surface area contributed by atoms with E-state index in [0.717, 1.165) is 25.7 Å². The summed E-state index contributed by atoms with van der Waals surface area (Å²) < 4.78 is 27.8. The van der Waals surface area contributed by atoms with Crippen LogP contribution in [0.5, 0.6) is 0 Å². The minimum atomic E-state index is -3.78. The van der Waals surface area contributed by atoms with Gasteiger partial charge in [-0.05, 0) is 37.4 Å². The van der Waals surface area contributed by atoms with Crippen LogP contribution in [0.2, 0.25) is 5.02 Å². The summed E-state index contributed by atoms with van der Waals surface area (Å²) in [6.07, 6.45) is 3.74. The van der Waals surface area contributed by atoms with Crippen molar-refractivity contribution in [2.75, 3.05) is 6.54 Å². The van der Waals surface area contributed by atoms with E-state index in [2.05, 4.69) is 4.72 Å². The van der Waals surface area contributed by atoms with Crippen LogP contribution >= 0.6 is 24.0 Å². The molecular formula is C14H19Cl2N3O2S. The summed E-state index contributed by atoms with van der Waals surface area (Å²) in [6.45, 7) is 0.452. The largest absolute Gasteiger partial charge is 0.330 e. The summed E-state index contributed by atoms with van der Waals surface area (Å²) >= 11 is 5.90. The second-order valence-corrected chi connectivity index (χ2v) is 7.32. The van der Waals surface area contributed by atoms with E-state index in [4.69, 9.17) is 22.6 Å². The zero-order valence-corrected chi connectivity index (χ0v) is 14.3. The highest BCUT2D eigenvalue weighted by atomic mass is 35.5. The number of rotatable bonds is 4. The van der Waals surface area contributed by atoms with Crippen LogP contribution in [-0.2, 0) is 10.0 Å². The van der Waals surface area contributed by atoms with Crippen molar-refractivity contribution in [3.05, 3.63) is 28.8 Å². The summed E-state index contributed by atoms with van der Waals surface area (Å²) in [5.41, 5.74) is 5.70. The average Bonchev–Trinajstić information content (AvgIpc) is 2.47. The van der Waals surface area contributed by atoms with Gasteiger partial charge in [-0.2, -0.15) is 5.26 Å². The Kier molecular flexibility index (Phi) is 7.10. The molecule has 122 valence electrons. The Morgan fingerprint density at radius 1 is 1.36 bits per heavy atom. The van der Waals surface area contributed by atoms with E-state index in [1.165, 1.54) is 18.2 Å². The summed E-state index contributed by atoms with van der Waals surface area (Å²) in [4.78, 5) is -0.0705. The van der Waals surface area contributed by atoms with Crippen molar-refractivity contribution in [3.8, 4) is 6.07 Å². The number of hydrogen-bond donors (Lipinski definition) is 2. The maximum atomic E-state index is 12.5. The minimum absolute atomic E-state index is 0. The van der Waals surface area contributed by atoms with Crippen molar-refractivity contribution in [1.82, 2.24) is 4.72 Å². The predicted molar refractivity (Wildman–Crippen MR) is 88.5 cm³/mol. The number of sulfonamides is 1. The predicted octanol–water partition coefficient (Wildman–Crippen LogP) is 2.43. The molecule has 2 unspecified atom stereocenters. The molecule has 1 saturated carbocycles. The van der Waals surface area contributed by atoms with Crippen LogP contribution < -0.4 is 10.5 Å². The second-order valence-electron chi connectivity index (χ2n) is 5.23. The molecule has 22 heavy (non-hydrogen) atoms. The fourth-order valence-corrected chi connectivity index (χ4v) is 4.54. The highest BCUT2D eigenvalue weighted by Gasteiger charge is 2.30. The Morgan fingerprint density at radius 3 is 2.68 bits per heavy atom. The first-order chi connectivity index (χ1) is 9.99. The molecule has 0 aliphatic heterocycles. The van der Waals surface area contributed by atoms with Crippen LogP contribution in [0.25, 0.3) is 0 Å². The third kappa shape index (κ3) is 4.12. The monoisotopic (exact) mass is 363 g/mol. The molecule has 0 aromatic heterocycles. The Morgan fingerprint density at radius 2 is 2.05 bits per heavy atom. The summed E-state index contributed by atoms with van der Waals surface area (Å²) in [7, 11) is -3.78. The molecule has 2 rings (SSSR count). The smallest absolute Gasteiger partial charge is 0.242 e. The quantitative estimate of drug-likeness (QED) is 0.858. The number of halogens is 2. The Hall–Kier alpha value is -0.840. The van der Waals surface area contributed by atoms with Crippen LogP contribution in [0.3, 0.4) is 0 Å². The van der Waals surface area contributed by atoms with E-state index in [9.17, 15) is 8.42 Å². The zero-order chi connectivity index (χ0) is 15.5. The van der Waals surface area contributed by atoms with Crippen molar-refractivity contribution >= 4 is 34.0 Å². The lowest BCUT2D eigenvalue weighted by Gasteiger charge is -2.31. The molecule has 1 aromatic rings. The van der Waals surface area contributed by atoms with Gasteiger partial charge >= 0.3 is 0 Å². The first-order valence-corrected chi connectivity index (χ1v) is 8.76. The highest BCUT2D eigenvalue weighted by Crippen LogP contribution is 2.27. The van der Waals surface area contributed by atoms with Gasteiger partial charge in [-0.1, -0.05) is 30.5 Å². The van der Waals surface area contributed by atoms with Gasteiger partial charge in [-0.3, -0.25) is 0 Å². The number of nitrogens with zero attached hydrogens (tertiary/aromatic N) is 1. The molecule has 3 N–H and O–H groups in total. The Labute approximate surface area is 142 Å². The molecule has 0 heterocycles. The number of nitrogens with two attached hydrogens (primary N) is 1. The molecule has 1 fully saturated rings. The molecule has 0 amide bonds. The first kappa shape index (κ1) is 19.2. The van der Waals surface area contributed by atoms with E-state index >= 15 is 0 Å². The Balaban J connectivity index is 0.00000242. The molecule has 5 nitrogen and oxygen atoms in total. The zero-order valence-electron chi connectivity index (χ0n) is 12.0. The molecule has 8 heteroatoms. The molecule has 0 radical (unpaired) electrons. The van der Waals surface area contributed by atoms with Gasteiger partial charge in [0.15, 0.2) is 0 Å². The summed E-state index contributed by atoms with van der Waals surface area (Å²) in [5.74, 6) is 0.137. The lowest BCUT2D eigenvalue weighted by molar-refractivity contribution is 0.296. The van der Waals surface area contributed by atoms with Gasteiger partial charge in [-0.25, -0.2) is 13.1 Å². The number of benzene rings is 1. The van der Waals surface area contributed by atoms with E-state index < -0.39 is 10.0 Å². The van der Waals surface area contributed by atoms with Crippen LogP contribution in [0.1, 0.15) is 31.2 Å². The molecule has 0 saturated heterocycles. The van der Waals surface area contributed by atoms with E-state index in [0.29, 0.717) is 6.54 Å². The van der Waals surface area contributed by atoms with E-state index in [1.54, 1.807) is 0 Å². The maximum Gasteiger partial charge on any atom is 0.242 e. The molecule has 2 atom stereocenters. The van der Waals surface area contributed by atoms with Gasteiger partial charge in [-0.15, -0.1) is 12.4 Å². The SMILES string of the molecule is Cl.N#Cc1c(Cl)cccc1S(=O)(=O)NC1CCCCC1CN. The van der Waals surface area contributed by atoms with Gasteiger partial charge in [0.05, 0.1) is 10.6 Å². The van der Waals surface area contributed by atoms with Crippen LogP contribution in [-0.4, -0.2) is 21.0 Å². The highest BCUT2D eigenvalue weighted by molar-refractivity contribution is 7.89. The van der Waals surface area contributed by atoms with Gasteiger partial charge in [0, 0.05) is 6.04 Å². The van der Waals surface area contributed by atoms with E-state index in [1.807, 2.05) is 6.07 Å². The fraction of sp³-hybridized carbons (Fsp3) is 0.500. The Bertz CT molecular complexity index is 659. The van der Waals surface area contributed by atoms with Crippen molar-refractivity contribution in [3.63, 3.8) is 0 Å². The average molecular weight is 364 g/mol. The standard InChI is InChI=1S/C14H18ClN3O2S.ClH/c15-12-5-3-7-14(11(12)9-17)21(19,20)18-13-6-2-1-4-10(13)8-16;/h3,5,7,10,13,18H,1-2,4,6,8,16H2;1H. The second kappa shape index (κ2) is 8.14. The van der Waals surface area contributed by atoms with Crippen molar-refractivity contribution < 1.29 is 8.42 Å². The molecule has 1 aliphatic carbocycles. The molecular weight excluding hydrogens is 345 g/mol. The molecule has 0 spiro atoms. The van der Waals surface area contributed by atoms with Crippen LogP contribution in [0.4, 0.5) is 0 Å². The lowest BCUT2D eigenvalue weighted by atomic mass is 9.85. The van der Waals surface area contributed by atoms with Gasteiger partial charge in [0.1, 0.15) is 11.0 Å². The summed E-state index contributed by atoms with van der Waals surface area (Å²) in [5, 5.41) is 9.26. The molecule has 1 aromatic carbocycles. The third-order valence-electron chi connectivity index (χ3n) is 3.90. The van der Waals surface area contributed by atoms with Crippen LogP contribution in [0.15, 0.2) is 23.1 Å². The van der Waals surface area contributed by atoms with Crippen molar-refractivity contribution in [1.29, 1.82) is 5.26 Å². The topological polar surface area (TPSA) is 96.0 Å². The van der Waals surface area contributed by atoms with Crippen molar-refractivity contribution in [2.45, 2.75) is 36.6 Å². The van der Waals surface area contributed by atoms with E-state index in [-0.39, 0.29) is 39.8 Å². The van der Waals surface area contributed by atoms with Gasteiger partial charge in [0.25, 0.3) is 0 Å².